The molecule has 0 amide bonds. The van der Waals surface area contributed by atoms with E-state index in [1.807, 2.05) is 0 Å². The SMILES string of the molecule is CN(c1cc(CN)c(Cl)cn1)c1ccccc1F. The summed E-state index contributed by atoms with van der Waals surface area (Å²) in [5.41, 5.74) is 6.82. The zero-order valence-corrected chi connectivity index (χ0v) is 10.7. The number of para-hydroxylation sites is 1. The maximum Gasteiger partial charge on any atom is 0.146 e. The van der Waals surface area contributed by atoms with Gasteiger partial charge in [0, 0.05) is 19.8 Å². The predicted molar refractivity (Wildman–Crippen MR) is 71.6 cm³/mol. The zero-order valence-electron chi connectivity index (χ0n) is 9.90. The van der Waals surface area contributed by atoms with Gasteiger partial charge in [-0.05, 0) is 23.8 Å². The first-order valence-corrected chi connectivity index (χ1v) is 5.84. The maximum absolute atomic E-state index is 13.7. The monoisotopic (exact) mass is 265 g/mol. The van der Waals surface area contributed by atoms with Gasteiger partial charge in [-0.2, -0.15) is 0 Å². The van der Waals surface area contributed by atoms with Crippen LogP contribution in [0.25, 0.3) is 0 Å². The van der Waals surface area contributed by atoms with Crippen LogP contribution in [-0.2, 0) is 6.54 Å². The molecule has 0 saturated heterocycles. The number of hydrogen-bond donors (Lipinski definition) is 1. The molecule has 5 heteroatoms. The van der Waals surface area contributed by atoms with Crippen molar-refractivity contribution >= 4 is 23.1 Å². The molecular weight excluding hydrogens is 253 g/mol. The highest BCUT2D eigenvalue weighted by Gasteiger charge is 2.11. The Kier molecular flexibility index (Phi) is 3.79. The molecule has 1 aromatic heterocycles. The number of nitrogens with zero attached hydrogens (tertiary/aromatic N) is 2. The Morgan fingerprint density at radius 1 is 1.39 bits per heavy atom. The van der Waals surface area contributed by atoms with E-state index in [1.54, 1.807) is 36.2 Å². The summed E-state index contributed by atoms with van der Waals surface area (Å²) >= 11 is 5.94. The Labute approximate surface area is 110 Å². The van der Waals surface area contributed by atoms with Gasteiger partial charge in [-0.3, -0.25) is 0 Å². The van der Waals surface area contributed by atoms with E-state index in [0.29, 0.717) is 23.1 Å². The summed E-state index contributed by atoms with van der Waals surface area (Å²) in [5.74, 6) is 0.302. The number of benzene rings is 1. The molecule has 0 atom stereocenters. The molecule has 0 radical (unpaired) electrons. The van der Waals surface area contributed by atoms with Crippen molar-refractivity contribution in [2.24, 2.45) is 5.73 Å². The van der Waals surface area contributed by atoms with Crippen molar-refractivity contribution < 1.29 is 4.39 Å². The topological polar surface area (TPSA) is 42.1 Å². The van der Waals surface area contributed by atoms with Crippen LogP contribution < -0.4 is 10.6 Å². The van der Waals surface area contributed by atoms with Gasteiger partial charge in [0.2, 0.25) is 0 Å². The maximum atomic E-state index is 13.7. The molecule has 0 aliphatic rings. The fourth-order valence-corrected chi connectivity index (χ4v) is 1.84. The number of halogens is 2. The van der Waals surface area contributed by atoms with Crippen LogP contribution in [0.4, 0.5) is 15.9 Å². The van der Waals surface area contributed by atoms with Crippen molar-refractivity contribution in [3.63, 3.8) is 0 Å². The van der Waals surface area contributed by atoms with Gasteiger partial charge < -0.3 is 10.6 Å². The molecule has 2 rings (SSSR count). The van der Waals surface area contributed by atoms with Gasteiger partial charge >= 0.3 is 0 Å². The Morgan fingerprint density at radius 2 is 2.11 bits per heavy atom. The predicted octanol–water partition coefficient (Wildman–Crippen LogP) is 3.10. The molecule has 94 valence electrons. The van der Waals surface area contributed by atoms with Gasteiger partial charge in [0.25, 0.3) is 0 Å². The van der Waals surface area contributed by atoms with Crippen LogP contribution in [0.2, 0.25) is 5.02 Å². The summed E-state index contributed by atoms with van der Waals surface area (Å²) in [6, 6.07) is 8.27. The van der Waals surface area contributed by atoms with E-state index >= 15 is 0 Å². The lowest BCUT2D eigenvalue weighted by Gasteiger charge is -2.19. The average molecular weight is 266 g/mol. The number of hydrogen-bond acceptors (Lipinski definition) is 3. The van der Waals surface area contributed by atoms with Crippen molar-refractivity contribution in [1.29, 1.82) is 0 Å². The summed E-state index contributed by atoms with van der Waals surface area (Å²) in [7, 11) is 1.74. The van der Waals surface area contributed by atoms with E-state index < -0.39 is 0 Å². The smallest absolute Gasteiger partial charge is 0.146 e. The van der Waals surface area contributed by atoms with Gasteiger partial charge in [0.15, 0.2) is 0 Å². The highest BCUT2D eigenvalue weighted by molar-refractivity contribution is 6.31. The minimum Gasteiger partial charge on any atom is -0.327 e. The molecular formula is C13H13ClFN3. The van der Waals surface area contributed by atoms with Crippen LogP contribution in [0.1, 0.15) is 5.56 Å². The Morgan fingerprint density at radius 3 is 2.78 bits per heavy atom. The first kappa shape index (κ1) is 12.8. The van der Waals surface area contributed by atoms with Crippen LogP contribution in [0.15, 0.2) is 36.5 Å². The third kappa shape index (κ3) is 2.44. The van der Waals surface area contributed by atoms with Crippen molar-refractivity contribution in [2.75, 3.05) is 11.9 Å². The number of pyridine rings is 1. The van der Waals surface area contributed by atoms with Crippen LogP contribution in [0.5, 0.6) is 0 Å². The van der Waals surface area contributed by atoms with Gasteiger partial charge in [0.05, 0.1) is 10.7 Å². The van der Waals surface area contributed by atoms with E-state index in [-0.39, 0.29) is 5.82 Å². The highest BCUT2D eigenvalue weighted by Crippen LogP contribution is 2.26. The van der Waals surface area contributed by atoms with Crippen molar-refractivity contribution in [3.05, 3.63) is 52.9 Å². The van der Waals surface area contributed by atoms with E-state index in [4.69, 9.17) is 17.3 Å². The fourth-order valence-electron chi connectivity index (χ4n) is 1.65. The molecule has 3 nitrogen and oxygen atoms in total. The summed E-state index contributed by atoms with van der Waals surface area (Å²) < 4.78 is 13.7. The Bertz CT molecular complexity index is 560. The van der Waals surface area contributed by atoms with E-state index in [2.05, 4.69) is 4.98 Å². The Hall–Kier alpha value is -1.65. The minimum atomic E-state index is -0.300. The number of rotatable bonds is 3. The van der Waals surface area contributed by atoms with E-state index in [1.165, 1.54) is 12.3 Å². The second-order valence-electron chi connectivity index (χ2n) is 3.85. The lowest BCUT2D eigenvalue weighted by Crippen LogP contribution is -2.13. The number of nitrogens with two attached hydrogens (primary N) is 1. The summed E-state index contributed by atoms with van der Waals surface area (Å²) in [6.07, 6.45) is 1.52. The normalized spacial score (nSPS) is 10.4. The first-order valence-electron chi connectivity index (χ1n) is 5.46. The first-order chi connectivity index (χ1) is 8.63. The lowest BCUT2D eigenvalue weighted by atomic mass is 10.2. The fraction of sp³-hybridized carbons (Fsp3) is 0.154. The van der Waals surface area contributed by atoms with Crippen LogP contribution >= 0.6 is 11.6 Å². The van der Waals surface area contributed by atoms with Crippen molar-refractivity contribution in [3.8, 4) is 0 Å². The molecule has 18 heavy (non-hydrogen) atoms. The van der Waals surface area contributed by atoms with Crippen molar-refractivity contribution in [1.82, 2.24) is 4.98 Å². The van der Waals surface area contributed by atoms with Gasteiger partial charge in [0.1, 0.15) is 11.6 Å². The largest absolute Gasteiger partial charge is 0.327 e. The molecule has 2 aromatic rings. The number of aromatic nitrogens is 1. The second-order valence-corrected chi connectivity index (χ2v) is 4.26. The van der Waals surface area contributed by atoms with Crippen LogP contribution in [0, 0.1) is 5.82 Å². The third-order valence-corrected chi connectivity index (χ3v) is 3.04. The quantitative estimate of drug-likeness (QED) is 0.927. The van der Waals surface area contributed by atoms with E-state index in [0.717, 1.165) is 5.56 Å². The Balaban J connectivity index is 2.40. The molecule has 0 aliphatic heterocycles. The van der Waals surface area contributed by atoms with Gasteiger partial charge in [-0.15, -0.1) is 0 Å². The average Bonchev–Trinajstić information content (AvgIpc) is 2.39. The van der Waals surface area contributed by atoms with Gasteiger partial charge in [-0.1, -0.05) is 23.7 Å². The minimum absolute atomic E-state index is 0.300. The molecule has 0 fully saturated rings. The molecule has 1 heterocycles. The molecule has 0 saturated carbocycles. The zero-order chi connectivity index (χ0) is 13.1. The van der Waals surface area contributed by atoms with Crippen LogP contribution in [-0.4, -0.2) is 12.0 Å². The summed E-state index contributed by atoms with van der Waals surface area (Å²) in [4.78, 5) is 5.83. The van der Waals surface area contributed by atoms with E-state index in [9.17, 15) is 4.39 Å². The van der Waals surface area contributed by atoms with Gasteiger partial charge in [-0.25, -0.2) is 9.37 Å². The highest BCUT2D eigenvalue weighted by atomic mass is 35.5. The number of anilines is 2. The molecule has 0 aliphatic carbocycles. The lowest BCUT2D eigenvalue weighted by molar-refractivity contribution is 0.627. The molecule has 1 aromatic carbocycles. The molecule has 0 bridgehead atoms. The molecule has 2 N–H and O–H groups in total. The standard InChI is InChI=1S/C13H13ClFN3/c1-18(12-5-3-2-4-11(12)15)13-6-9(7-16)10(14)8-17-13/h2-6,8H,7,16H2,1H3. The van der Waals surface area contributed by atoms with Crippen LogP contribution in [0.3, 0.4) is 0 Å². The second kappa shape index (κ2) is 5.33. The van der Waals surface area contributed by atoms with Crippen molar-refractivity contribution in [2.45, 2.75) is 6.54 Å². The summed E-state index contributed by atoms with van der Waals surface area (Å²) in [5, 5.41) is 0.517. The third-order valence-electron chi connectivity index (χ3n) is 2.70. The molecule has 0 spiro atoms. The summed E-state index contributed by atoms with van der Waals surface area (Å²) in [6.45, 7) is 0.319. The molecule has 0 unspecified atom stereocenters.